The Labute approximate surface area is 186 Å². The smallest absolute Gasteiger partial charge is 0.328 e. The fraction of sp³-hybridized carbons (Fsp3) is 0.526. The first-order valence-electron chi connectivity index (χ1n) is 10.2. The van der Waals surface area contributed by atoms with E-state index >= 15 is 0 Å². The standard InChI is InChI=1S/C19H25F5N6O3/c1-2-3-5-26-17-28-18(27-6-8-32-10-9-31-7-4-25)30-19(29-17)33-16-14(23)12(21)11(20)13(22)15(16)24/h2-10,25H2,1H3,(H2,26,27,28,29,30). The van der Waals surface area contributed by atoms with Gasteiger partial charge in [0.05, 0.1) is 26.4 Å². The van der Waals surface area contributed by atoms with Gasteiger partial charge >= 0.3 is 6.01 Å². The van der Waals surface area contributed by atoms with Crippen LogP contribution in [0.1, 0.15) is 19.8 Å². The fourth-order valence-corrected chi connectivity index (χ4v) is 2.34. The third-order valence-corrected chi connectivity index (χ3v) is 3.95. The third-order valence-electron chi connectivity index (χ3n) is 3.95. The van der Waals surface area contributed by atoms with Gasteiger partial charge in [-0.05, 0) is 6.42 Å². The summed E-state index contributed by atoms with van der Waals surface area (Å²) in [6.45, 7) is 4.43. The van der Waals surface area contributed by atoms with Crippen LogP contribution in [-0.4, -0.2) is 61.0 Å². The Morgan fingerprint density at radius 3 is 1.85 bits per heavy atom. The van der Waals surface area contributed by atoms with E-state index in [4.69, 9.17) is 19.9 Å². The normalized spacial score (nSPS) is 11.0. The molecule has 4 N–H and O–H groups in total. The van der Waals surface area contributed by atoms with Gasteiger partial charge in [-0.1, -0.05) is 13.3 Å². The summed E-state index contributed by atoms with van der Waals surface area (Å²) in [5, 5.41) is 5.67. The van der Waals surface area contributed by atoms with Gasteiger partial charge in [0.15, 0.2) is 0 Å². The molecular weight excluding hydrogens is 455 g/mol. The number of benzene rings is 1. The van der Waals surface area contributed by atoms with Crippen LogP contribution in [0.4, 0.5) is 33.8 Å². The van der Waals surface area contributed by atoms with E-state index in [1.54, 1.807) is 0 Å². The molecule has 0 amide bonds. The molecule has 1 aromatic carbocycles. The van der Waals surface area contributed by atoms with Gasteiger partial charge in [0.2, 0.25) is 46.7 Å². The number of nitrogens with one attached hydrogen (secondary N) is 2. The summed E-state index contributed by atoms with van der Waals surface area (Å²) in [7, 11) is 0. The third kappa shape index (κ3) is 7.91. The number of unbranched alkanes of at least 4 members (excludes halogenated alkanes) is 1. The number of halogens is 5. The average Bonchev–Trinajstić information content (AvgIpc) is 2.81. The quantitative estimate of drug-likeness (QED) is 0.153. The Morgan fingerprint density at radius 2 is 1.27 bits per heavy atom. The highest BCUT2D eigenvalue weighted by atomic mass is 19.2. The Hall–Kier alpha value is -2.84. The average molecular weight is 480 g/mol. The maximum atomic E-state index is 14.0. The van der Waals surface area contributed by atoms with Crippen LogP contribution in [0.2, 0.25) is 0 Å². The fourth-order valence-electron chi connectivity index (χ4n) is 2.34. The SMILES string of the molecule is CCCCNc1nc(NCCOCCOCCN)nc(Oc2c(F)c(F)c(F)c(F)c2F)n1. The topological polar surface area (TPSA) is 116 Å². The van der Waals surface area contributed by atoms with Crippen LogP contribution in [0, 0.1) is 29.1 Å². The van der Waals surface area contributed by atoms with Gasteiger partial charge in [0.25, 0.3) is 0 Å². The molecule has 33 heavy (non-hydrogen) atoms. The molecule has 0 radical (unpaired) electrons. The lowest BCUT2D eigenvalue weighted by molar-refractivity contribution is 0.0547. The van der Waals surface area contributed by atoms with Crippen molar-refractivity contribution >= 4 is 11.9 Å². The van der Waals surface area contributed by atoms with Crippen molar-refractivity contribution in [2.75, 3.05) is 56.7 Å². The zero-order valence-electron chi connectivity index (χ0n) is 17.9. The van der Waals surface area contributed by atoms with Gasteiger partial charge in [-0.3, -0.25) is 0 Å². The minimum Gasteiger partial charge on any atom is -0.418 e. The zero-order chi connectivity index (χ0) is 24.2. The molecule has 0 unspecified atom stereocenters. The van der Waals surface area contributed by atoms with Gasteiger partial charge in [-0.25, -0.2) is 13.2 Å². The van der Waals surface area contributed by atoms with Crippen LogP contribution in [0.25, 0.3) is 0 Å². The first-order chi connectivity index (χ1) is 15.9. The van der Waals surface area contributed by atoms with Crippen LogP contribution in [-0.2, 0) is 9.47 Å². The number of anilines is 2. The van der Waals surface area contributed by atoms with E-state index in [9.17, 15) is 22.0 Å². The molecule has 0 bridgehead atoms. The first-order valence-corrected chi connectivity index (χ1v) is 10.2. The van der Waals surface area contributed by atoms with Crippen LogP contribution < -0.4 is 21.1 Å². The summed E-state index contributed by atoms with van der Waals surface area (Å²) in [6.07, 6.45) is 1.63. The molecule has 9 nitrogen and oxygen atoms in total. The maximum Gasteiger partial charge on any atom is 0.328 e. The van der Waals surface area contributed by atoms with E-state index in [1.165, 1.54) is 0 Å². The zero-order valence-corrected chi connectivity index (χ0v) is 17.9. The number of ether oxygens (including phenoxy) is 3. The van der Waals surface area contributed by atoms with E-state index in [0.29, 0.717) is 32.9 Å². The molecule has 1 aromatic heterocycles. The van der Waals surface area contributed by atoms with Crippen molar-refractivity contribution in [3.63, 3.8) is 0 Å². The highest BCUT2D eigenvalue weighted by Gasteiger charge is 2.28. The predicted molar refractivity (Wildman–Crippen MR) is 109 cm³/mol. The van der Waals surface area contributed by atoms with Gasteiger partial charge in [-0.15, -0.1) is 0 Å². The summed E-state index contributed by atoms with van der Waals surface area (Å²) in [5.41, 5.74) is 5.30. The monoisotopic (exact) mass is 480 g/mol. The molecule has 0 fully saturated rings. The number of rotatable bonds is 15. The second kappa shape index (κ2) is 13.6. The Balaban J connectivity index is 2.12. The molecule has 2 rings (SSSR count). The van der Waals surface area contributed by atoms with E-state index < -0.39 is 40.8 Å². The number of nitrogens with two attached hydrogens (primary N) is 1. The lowest BCUT2D eigenvalue weighted by atomic mass is 10.2. The molecule has 184 valence electrons. The minimum absolute atomic E-state index is 0.0177. The van der Waals surface area contributed by atoms with Crippen LogP contribution >= 0.6 is 0 Å². The van der Waals surface area contributed by atoms with Crippen LogP contribution in [0.3, 0.4) is 0 Å². The Kier molecular flexibility index (Phi) is 10.9. The van der Waals surface area contributed by atoms with Crippen LogP contribution in [0.15, 0.2) is 0 Å². The summed E-state index contributed by atoms with van der Waals surface area (Å²) < 4.78 is 83.4. The Bertz CT molecular complexity index is 880. The molecule has 0 spiro atoms. The van der Waals surface area contributed by atoms with Crippen molar-refractivity contribution in [3.8, 4) is 11.8 Å². The van der Waals surface area contributed by atoms with Gasteiger partial charge < -0.3 is 30.6 Å². The molecule has 2 aromatic rings. The summed E-state index contributed by atoms with van der Waals surface area (Å²) in [4.78, 5) is 11.7. The Morgan fingerprint density at radius 1 is 0.727 bits per heavy atom. The molecule has 14 heteroatoms. The molecule has 0 aliphatic carbocycles. The molecular formula is C19H25F5N6O3. The number of aromatic nitrogens is 3. The van der Waals surface area contributed by atoms with Crippen molar-refractivity contribution in [2.45, 2.75) is 19.8 Å². The molecule has 0 aliphatic heterocycles. The minimum atomic E-state index is -2.30. The number of hydrogen-bond donors (Lipinski definition) is 3. The number of nitrogens with zero attached hydrogens (tertiary/aromatic N) is 3. The van der Waals surface area contributed by atoms with E-state index in [-0.39, 0.29) is 25.0 Å². The van der Waals surface area contributed by atoms with E-state index in [1.807, 2.05) is 6.92 Å². The van der Waals surface area contributed by atoms with Gasteiger partial charge in [0.1, 0.15) is 0 Å². The van der Waals surface area contributed by atoms with Crippen LogP contribution in [0.5, 0.6) is 11.8 Å². The molecule has 0 saturated carbocycles. The van der Waals surface area contributed by atoms with E-state index in [2.05, 4.69) is 25.6 Å². The van der Waals surface area contributed by atoms with Crippen molar-refractivity contribution < 1.29 is 36.2 Å². The predicted octanol–water partition coefficient (Wildman–Crippen LogP) is 2.98. The second-order valence-corrected chi connectivity index (χ2v) is 6.49. The molecule has 0 atom stereocenters. The van der Waals surface area contributed by atoms with Crippen molar-refractivity contribution in [1.29, 1.82) is 0 Å². The largest absolute Gasteiger partial charge is 0.418 e. The highest BCUT2D eigenvalue weighted by molar-refractivity contribution is 5.38. The first kappa shape index (κ1) is 26.4. The number of hydrogen-bond acceptors (Lipinski definition) is 9. The summed E-state index contributed by atoms with van der Waals surface area (Å²) in [6, 6.07) is -0.675. The summed E-state index contributed by atoms with van der Waals surface area (Å²) >= 11 is 0. The maximum absolute atomic E-state index is 14.0. The van der Waals surface area contributed by atoms with Gasteiger partial charge in [0, 0.05) is 19.6 Å². The highest BCUT2D eigenvalue weighted by Crippen LogP contribution is 2.32. The molecule has 0 saturated heterocycles. The summed E-state index contributed by atoms with van der Waals surface area (Å²) in [5.74, 6) is -12.5. The lowest BCUT2D eigenvalue weighted by Gasteiger charge is -2.12. The van der Waals surface area contributed by atoms with Crippen molar-refractivity contribution in [3.05, 3.63) is 29.1 Å². The lowest BCUT2D eigenvalue weighted by Crippen LogP contribution is -2.17. The molecule has 0 aliphatic rings. The van der Waals surface area contributed by atoms with Crippen molar-refractivity contribution in [1.82, 2.24) is 15.0 Å². The van der Waals surface area contributed by atoms with Crippen molar-refractivity contribution in [2.24, 2.45) is 5.73 Å². The van der Waals surface area contributed by atoms with Gasteiger partial charge in [-0.2, -0.15) is 23.7 Å². The van der Waals surface area contributed by atoms with E-state index in [0.717, 1.165) is 12.8 Å². The second-order valence-electron chi connectivity index (χ2n) is 6.49. The molecule has 1 heterocycles.